The minimum absolute atomic E-state index is 1.18. The third-order valence-electron chi connectivity index (χ3n) is 1.15. The van der Waals surface area contributed by atoms with Gasteiger partial charge in [-0.1, -0.05) is 0 Å². The van der Waals surface area contributed by atoms with Crippen LogP contribution in [0.1, 0.15) is 4.88 Å². The molecule has 0 fully saturated rings. The first-order valence-electron chi connectivity index (χ1n) is 2.66. The van der Waals surface area contributed by atoms with Crippen LogP contribution in [0, 0.1) is 6.92 Å². The first-order valence-corrected chi connectivity index (χ1v) is 4.35. The molecule has 0 bridgehead atoms. The highest BCUT2D eigenvalue weighted by molar-refractivity contribution is 7.26. The Hall–Kier alpha value is -0.410. The van der Waals surface area contributed by atoms with Crippen molar-refractivity contribution in [2.24, 2.45) is 0 Å². The van der Waals surface area contributed by atoms with Crippen LogP contribution >= 0.6 is 22.7 Å². The number of hydrogen-bond acceptors (Lipinski definition) is 3. The van der Waals surface area contributed by atoms with Gasteiger partial charge in [0.25, 0.3) is 0 Å². The van der Waals surface area contributed by atoms with E-state index in [1.54, 1.807) is 22.7 Å². The second kappa shape index (κ2) is 1.78. The molecule has 0 aromatic carbocycles. The quantitative estimate of drug-likeness (QED) is 0.570. The molecule has 0 unspecified atom stereocenters. The first kappa shape index (κ1) is 5.38. The lowest BCUT2D eigenvalue weighted by Gasteiger charge is -1.69. The van der Waals surface area contributed by atoms with Gasteiger partial charge in [0.05, 0.1) is 10.2 Å². The van der Waals surface area contributed by atoms with Crippen molar-refractivity contribution in [3.63, 3.8) is 0 Å². The summed E-state index contributed by atoms with van der Waals surface area (Å²) < 4.78 is 1.32. The lowest BCUT2D eigenvalue weighted by molar-refractivity contribution is 1.54. The number of aromatic nitrogens is 1. The minimum atomic E-state index is 1.18. The maximum atomic E-state index is 4.18. The third-order valence-corrected chi connectivity index (χ3v) is 3.02. The first-order chi connectivity index (χ1) is 4.36. The van der Waals surface area contributed by atoms with Crippen LogP contribution in [0.4, 0.5) is 0 Å². The fraction of sp³-hybridized carbons (Fsp3) is 0.167. The number of fused-ring (bicyclic) bond motifs is 1. The summed E-state index contributed by atoms with van der Waals surface area (Å²) in [6.45, 7) is 2.11. The van der Waals surface area contributed by atoms with Crippen LogP contribution in [-0.4, -0.2) is 4.98 Å². The summed E-state index contributed by atoms with van der Waals surface area (Å²) in [7, 11) is 0. The molecule has 0 N–H and O–H groups in total. The zero-order valence-corrected chi connectivity index (χ0v) is 6.55. The van der Waals surface area contributed by atoms with E-state index in [9.17, 15) is 0 Å². The van der Waals surface area contributed by atoms with Crippen molar-refractivity contribution < 1.29 is 0 Å². The van der Waals surface area contributed by atoms with Crippen molar-refractivity contribution in [1.82, 2.24) is 4.98 Å². The van der Waals surface area contributed by atoms with Gasteiger partial charge in [-0.3, -0.25) is 0 Å². The smallest absolute Gasteiger partial charge is 0.134 e. The molecule has 9 heavy (non-hydrogen) atoms. The highest BCUT2D eigenvalue weighted by Gasteiger charge is 1.97. The van der Waals surface area contributed by atoms with E-state index in [0.717, 1.165) is 0 Å². The molecule has 0 saturated carbocycles. The molecule has 3 heteroatoms. The van der Waals surface area contributed by atoms with E-state index in [1.165, 1.54) is 14.4 Å². The molecule has 1 nitrogen and oxygen atoms in total. The fourth-order valence-electron chi connectivity index (χ4n) is 0.784. The molecule has 0 atom stereocenters. The molecular formula is C6H5NS2. The summed E-state index contributed by atoms with van der Waals surface area (Å²) >= 11 is 3.47. The Balaban J connectivity index is 2.92. The second-order valence-corrected chi connectivity index (χ2v) is 4.00. The van der Waals surface area contributed by atoms with Gasteiger partial charge in [-0.05, 0) is 13.0 Å². The molecule has 0 saturated heterocycles. The number of aryl methyl sites for hydroxylation is 1. The van der Waals surface area contributed by atoms with Crippen LogP contribution in [0.2, 0.25) is 0 Å². The standard InChI is InChI=1S/C6H5NS2/c1-4-2-5-6(9-4)7-3-8-5/h2-3H,1H3. The average Bonchev–Trinajstić information content (AvgIpc) is 2.22. The highest BCUT2D eigenvalue weighted by atomic mass is 32.1. The SMILES string of the molecule is Cc1cc2scnc2s1. The van der Waals surface area contributed by atoms with E-state index >= 15 is 0 Å². The highest BCUT2D eigenvalue weighted by Crippen LogP contribution is 2.26. The van der Waals surface area contributed by atoms with E-state index < -0.39 is 0 Å². The molecule has 0 aliphatic heterocycles. The summed E-state index contributed by atoms with van der Waals surface area (Å²) in [6.07, 6.45) is 0. The van der Waals surface area contributed by atoms with E-state index in [4.69, 9.17) is 0 Å². The van der Waals surface area contributed by atoms with Crippen molar-refractivity contribution >= 4 is 32.2 Å². The van der Waals surface area contributed by atoms with Crippen LogP contribution in [0.5, 0.6) is 0 Å². The Kier molecular flexibility index (Phi) is 1.07. The Morgan fingerprint density at radius 2 is 2.44 bits per heavy atom. The van der Waals surface area contributed by atoms with E-state index in [0.29, 0.717) is 0 Å². The molecule has 2 aromatic heterocycles. The van der Waals surface area contributed by atoms with Crippen molar-refractivity contribution in [3.8, 4) is 0 Å². The number of thiophene rings is 1. The normalized spacial score (nSPS) is 10.8. The molecule has 2 aromatic rings. The molecular weight excluding hydrogens is 150 g/mol. The molecule has 0 aliphatic carbocycles. The van der Waals surface area contributed by atoms with E-state index in [-0.39, 0.29) is 0 Å². The Labute approximate surface area is 61.0 Å². The van der Waals surface area contributed by atoms with Gasteiger partial charge in [-0.15, -0.1) is 22.7 Å². The van der Waals surface area contributed by atoms with Gasteiger partial charge in [0.2, 0.25) is 0 Å². The van der Waals surface area contributed by atoms with Gasteiger partial charge >= 0.3 is 0 Å². The monoisotopic (exact) mass is 155 g/mol. The van der Waals surface area contributed by atoms with Gasteiger partial charge in [-0.25, -0.2) is 4.98 Å². The minimum Gasteiger partial charge on any atom is -0.234 e. The van der Waals surface area contributed by atoms with E-state index in [2.05, 4.69) is 18.0 Å². The topological polar surface area (TPSA) is 12.9 Å². The number of thiazole rings is 1. The maximum absolute atomic E-state index is 4.18. The fourth-order valence-corrected chi connectivity index (χ4v) is 2.61. The lowest BCUT2D eigenvalue weighted by Crippen LogP contribution is -1.47. The molecule has 2 heterocycles. The van der Waals surface area contributed by atoms with Gasteiger partial charge < -0.3 is 0 Å². The number of hydrogen-bond donors (Lipinski definition) is 0. The van der Waals surface area contributed by atoms with Gasteiger partial charge in [0, 0.05) is 4.88 Å². The van der Waals surface area contributed by atoms with Gasteiger partial charge in [0.1, 0.15) is 4.83 Å². The van der Waals surface area contributed by atoms with Crippen LogP contribution < -0.4 is 0 Å². The Morgan fingerprint density at radius 1 is 1.56 bits per heavy atom. The number of nitrogens with zero attached hydrogens (tertiary/aromatic N) is 1. The van der Waals surface area contributed by atoms with Crippen molar-refractivity contribution in [2.45, 2.75) is 6.92 Å². The third kappa shape index (κ3) is 0.767. The summed E-state index contributed by atoms with van der Waals surface area (Å²) in [4.78, 5) is 6.71. The summed E-state index contributed by atoms with van der Waals surface area (Å²) in [5, 5.41) is 0. The van der Waals surface area contributed by atoms with Crippen molar-refractivity contribution in [2.75, 3.05) is 0 Å². The van der Waals surface area contributed by atoms with Crippen LogP contribution in [0.15, 0.2) is 11.6 Å². The predicted molar refractivity (Wildman–Crippen MR) is 42.2 cm³/mol. The molecule has 0 aliphatic rings. The van der Waals surface area contributed by atoms with Gasteiger partial charge in [-0.2, -0.15) is 0 Å². The molecule has 46 valence electrons. The molecule has 0 spiro atoms. The largest absolute Gasteiger partial charge is 0.234 e. The van der Waals surface area contributed by atoms with Crippen LogP contribution in [0.3, 0.4) is 0 Å². The number of rotatable bonds is 0. The lowest BCUT2D eigenvalue weighted by atomic mass is 10.5. The zero-order chi connectivity index (χ0) is 6.27. The Bertz CT molecular complexity index is 292. The summed E-state index contributed by atoms with van der Waals surface area (Å²) in [5.41, 5.74) is 1.89. The van der Waals surface area contributed by atoms with Crippen LogP contribution in [0.25, 0.3) is 9.53 Å². The zero-order valence-electron chi connectivity index (χ0n) is 4.92. The van der Waals surface area contributed by atoms with Crippen molar-refractivity contribution in [3.05, 3.63) is 16.5 Å². The molecule has 0 radical (unpaired) electrons. The second-order valence-electron chi connectivity index (χ2n) is 1.88. The predicted octanol–water partition coefficient (Wildman–Crippen LogP) is 2.67. The summed E-state index contributed by atoms with van der Waals surface area (Å²) in [6, 6.07) is 2.18. The van der Waals surface area contributed by atoms with Gasteiger partial charge in [0.15, 0.2) is 0 Å². The average molecular weight is 155 g/mol. The van der Waals surface area contributed by atoms with E-state index in [1.807, 2.05) is 5.51 Å². The molecule has 0 amide bonds. The summed E-state index contributed by atoms with van der Waals surface area (Å²) in [5.74, 6) is 0. The Morgan fingerprint density at radius 3 is 3.22 bits per heavy atom. The maximum Gasteiger partial charge on any atom is 0.134 e. The van der Waals surface area contributed by atoms with Crippen LogP contribution in [-0.2, 0) is 0 Å². The van der Waals surface area contributed by atoms with Crippen molar-refractivity contribution in [1.29, 1.82) is 0 Å². The molecule has 2 rings (SSSR count).